The van der Waals surface area contributed by atoms with Gasteiger partial charge in [-0.2, -0.15) is 0 Å². The number of rotatable bonds is 64. The highest BCUT2D eigenvalue weighted by Crippen LogP contribution is 2.16. The molecule has 0 amide bonds. The highest BCUT2D eigenvalue weighted by molar-refractivity contribution is 5.69. The molecule has 0 spiro atoms. The summed E-state index contributed by atoms with van der Waals surface area (Å²) in [5.74, 6) is -0.238. The molecule has 0 aliphatic carbocycles. The van der Waals surface area contributed by atoms with Gasteiger partial charge in [0.1, 0.15) is 0 Å². The van der Waals surface area contributed by atoms with Gasteiger partial charge in [-0.15, -0.1) is 0 Å². The molecule has 0 saturated heterocycles. The van der Waals surface area contributed by atoms with E-state index in [9.17, 15) is 14.7 Å². The Morgan fingerprint density at radius 2 is 0.584 bits per heavy atom. The van der Waals surface area contributed by atoms with Crippen LogP contribution in [0.25, 0.3) is 0 Å². The largest absolute Gasteiger partial charge is 0.466 e. The molecule has 0 aliphatic heterocycles. The van der Waals surface area contributed by atoms with Crippen molar-refractivity contribution in [1.82, 2.24) is 4.90 Å². The van der Waals surface area contributed by atoms with Crippen molar-refractivity contribution in [3.05, 3.63) is 0 Å². The first-order valence-corrected chi connectivity index (χ1v) is 34.4. The zero-order chi connectivity index (χ0) is 56.4. The van der Waals surface area contributed by atoms with Crippen molar-refractivity contribution in [2.75, 3.05) is 59.3 Å². The summed E-state index contributed by atoms with van der Waals surface area (Å²) in [5.41, 5.74) is 0. The van der Waals surface area contributed by atoms with E-state index in [0.717, 1.165) is 103 Å². The maximum Gasteiger partial charge on any atom is 0.305 e. The lowest BCUT2D eigenvalue weighted by atomic mass is 10.1. The number of hydrogen-bond acceptors (Lipinski definition) is 9. The first kappa shape index (κ1) is 77.8. The normalized spacial score (nSPS) is 11.9. The molecule has 9 nitrogen and oxygen atoms in total. The average molecular weight is 1100 g/mol. The van der Waals surface area contributed by atoms with Crippen molar-refractivity contribution in [2.45, 2.75) is 369 Å². The molecule has 0 fully saturated rings. The van der Waals surface area contributed by atoms with Gasteiger partial charge in [-0.05, 0) is 90.8 Å². The second-order valence-electron chi connectivity index (χ2n) is 23.1. The Balaban J connectivity index is 0. The van der Waals surface area contributed by atoms with Gasteiger partial charge in [-0.1, -0.05) is 266 Å². The lowest BCUT2D eigenvalue weighted by Gasteiger charge is -2.22. The van der Waals surface area contributed by atoms with Crippen molar-refractivity contribution >= 4 is 11.9 Å². The molecular weight excluding hydrogens is 959 g/mol. The van der Waals surface area contributed by atoms with Crippen LogP contribution >= 0.6 is 0 Å². The molecule has 0 aliphatic rings. The Labute approximate surface area is 481 Å². The van der Waals surface area contributed by atoms with Gasteiger partial charge in [-0.3, -0.25) is 9.59 Å². The summed E-state index contributed by atoms with van der Waals surface area (Å²) in [6, 6.07) is 0. The van der Waals surface area contributed by atoms with E-state index >= 15 is 0 Å². The van der Waals surface area contributed by atoms with Gasteiger partial charge in [0, 0.05) is 39.3 Å². The summed E-state index contributed by atoms with van der Waals surface area (Å²) >= 11 is 0. The predicted molar refractivity (Wildman–Crippen MR) is 331 cm³/mol. The number of carbonyl (C=O) groups excluding carboxylic acids is 2. The SMILES string of the molecule is CCCCCCCCCCC.CCCCCCCCCCOC(C)CCC(=O)OCCCCCCCN(CCCCO)CCCCCCCOC(=O)CCC(OCCCCCCCCCC)OCCCCCCCCCC. The zero-order valence-corrected chi connectivity index (χ0v) is 52.9. The maximum atomic E-state index is 12.6. The lowest BCUT2D eigenvalue weighted by molar-refractivity contribution is -0.159. The minimum atomic E-state index is -0.322. The predicted octanol–water partition coefficient (Wildman–Crippen LogP) is 20.3. The molecule has 1 atom stereocenters. The highest BCUT2D eigenvalue weighted by atomic mass is 16.7. The number of aliphatic hydroxyl groups is 1. The molecule has 462 valence electrons. The second kappa shape index (κ2) is 69.0. The second-order valence-corrected chi connectivity index (χ2v) is 23.1. The number of ether oxygens (including phenoxy) is 5. The summed E-state index contributed by atoms with van der Waals surface area (Å²) in [4.78, 5) is 27.5. The molecular formula is C68H137NO8. The molecule has 1 N–H and O–H groups in total. The van der Waals surface area contributed by atoms with Crippen LogP contribution in [0.5, 0.6) is 0 Å². The fraction of sp³-hybridized carbons (Fsp3) is 0.971. The summed E-state index contributed by atoms with van der Waals surface area (Å²) in [6.07, 6.45) is 58.5. The number of esters is 2. The van der Waals surface area contributed by atoms with Gasteiger partial charge in [0.15, 0.2) is 6.29 Å². The van der Waals surface area contributed by atoms with Crippen LogP contribution in [-0.4, -0.2) is 93.6 Å². The molecule has 0 aromatic rings. The molecule has 0 heterocycles. The Morgan fingerprint density at radius 1 is 0.325 bits per heavy atom. The van der Waals surface area contributed by atoms with E-state index in [1.54, 1.807) is 0 Å². The topological polar surface area (TPSA) is 104 Å². The molecule has 1 unspecified atom stereocenters. The van der Waals surface area contributed by atoms with Crippen LogP contribution in [0.3, 0.4) is 0 Å². The Morgan fingerprint density at radius 3 is 0.909 bits per heavy atom. The van der Waals surface area contributed by atoms with E-state index < -0.39 is 0 Å². The molecule has 0 aromatic carbocycles. The van der Waals surface area contributed by atoms with Crippen LogP contribution in [0.1, 0.15) is 356 Å². The summed E-state index contributed by atoms with van der Waals surface area (Å²) < 4.78 is 29.4. The summed E-state index contributed by atoms with van der Waals surface area (Å²) in [7, 11) is 0. The van der Waals surface area contributed by atoms with Gasteiger partial charge >= 0.3 is 11.9 Å². The number of nitrogens with zero attached hydrogens (tertiary/aromatic N) is 1. The van der Waals surface area contributed by atoms with Gasteiger partial charge in [0.05, 0.1) is 25.7 Å². The number of hydrogen-bond donors (Lipinski definition) is 1. The van der Waals surface area contributed by atoms with Crippen LogP contribution in [-0.2, 0) is 33.3 Å². The number of unbranched alkanes of at least 4 members (excludes halogenated alkanes) is 38. The summed E-state index contributed by atoms with van der Waals surface area (Å²) in [5, 5.41) is 9.33. The van der Waals surface area contributed by atoms with Crippen molar-refractivity contribution in [3.63, 3.8) is 0 Å². The first-order chi connectivity index (χ1) is 37.9. The molecule has 0 aromatic heterocycles. The van der Waals surface area contributed by atoms with Crippen LogP contribution < -0.4 is 0 Å². The van der Waals surface area contributed by atoms with Gasteiger partial charge in [-0.25, -0.2) is 0 Å². The Hall–Kier alpha value is -1.26. The monoisotopic (exact) mass is 1100 g/mol. The highest BCUT2D eigenvalue weighted by Gasteiger charge is 2.14. The van der Waals surface area contributed by atoms with E-state index in [0.29, 0.717) is 45.7 Å². The van der Waals surface area contributed by atoms with Crippen molar-refractivity contribution in [2.24, 2.45) is 0 Å². The molecule has 77 heavy (non-hydrogen) atoms. The molecule has 0 bridgehead atoms. The van der Waals surface area contributed by atoms with E-state index in [-0.39, 0.29) is 30.9 Å². The number of aliphatic hydroxyl groups excluding tert-OH is 1. The quantitative estimate of drug-likeness (QED) is 0.0362. The molecule has 0 radical (unpaired) electrons. The molecule has 0 rings (SSSR count). The van der Waals surface area contributed by atoms with Crippen molar-refractivity contribution < 1.29 is 38.4 Å². The van der Waals surface area contributed by atoms with E-state index in [1.807, 2.05) is 0 Å². The maximum absolute atomic E-state index is 12.6. The van der Waals surface area contributed by atoms with Gasteiger partial charge in [0.2, 0.25) is 0 Å². The van der Waals surface area contributed by atoms with Crippen molar-refractivity contribution in [1.29, 1.82) is 0 Å². The third-order valence-corrected chi connectivity index (χ3v) is 15.2. The fourth-order valence-corrected chi connectivity index (χ4v) is 9.90. The van der Waals surface area contributed by atoms with E-state index in [1.165, 1.54) is 218 Å². The lowest BCUT2D eigenvalue weighted by Crippen LogP contribution is -2.27. The average Bonchev–Trinajstić information content (AvgIpc) is 3.43. The van der Waals surface area contributed by atoms with Gasteiger partial charge in [0.25, 0.3) is 0 Å². The summed E-state index contributed by atoms with van der Waals surface area (Å²) in [6.45, 7) is 20.1. The Kier molecular flexibility index (Phi) is 69.7. The van der Waals surface area contributed by atoms with Crippen LogP contribution in [0.4, 0.5) is 0 Å². The van der Waals surface area contributed by atoms with E-state index in [4.69, 9.17) is 23.7 Å². The third kappa shape index (κ3) is 67.2. The minimum Gasteiger partial charge on any atom is -0.466 e. The minimum absolute atomic E-state index is 0.0981. The standard InChI is InChI=1S/C57H113NO8.C11H24/c1-5-8-11-14-17-20-27-36-49-62-54(4)41-42-55(60)63-50-37-30-23-25-32-45-58(47-34-35-48-59)46-33-26-24-31-38-51-64-56(61)43-44-57(65-52-39-28-21-18-15-12-9-6-2)66-53-40-29-22-19-16-13-10-7-3;1-3-5-7-9-11-10-8-6-4-2/h54,57,59H,5-53H2,1-4H3;3-11H2,1-2H3. The van der Waals surface area contributed by atoms with Crippen LogP contribution in [0.15, 0.2) is 0 Å². The third-order valence-electron chi connectivity index (χ3n) is 15.2. The van der Waals surface area contributed by atoms with E-state index in [2.05, 4.69) is 46.4 Å². The van der Waals surface area contributed by atoms with Crippen LogP contribution in [0, 0.1) is 0 Å². The molecule has 0 saturated carbocycles. The number of carbonyl (C=O) groups is 2. The van der Waals surface area contributed by atoms with Crippen molar-refractivity contribution in [3.8, 4) is 0 Å². The van der Waals surface area contributed by atoms with Crippen LogP contribution in [0.2, 0.25) is 0 Å². The van der Waals surface area contributed by atoms with Gasteiger partial charge < -0.3 is 33.7 Å². The smallest absolute Gasteiger partial charge is 0.305 e. The fourth-order valence-electron chi connectivity index (χ4n) is 9.90. The Bertz CT molecular complexity index is 1080. The zero-order valence-electron chi connectivity index (χ0n) is 52.9. The molecule has 9 heteroatoms. The first-order valence-electron chi connectivity index (χ1n) is 34.4.